The van der Waals surface area contributed by atoms with E-state index in [1.54, 1.807) is 19.4 Å². The van der Waals surface area contributed by atoms with Crippen LogP contribution in [0.25, 0.3) is 16.9 Å². The number of anilines is 1. The van der Waals surface area contributed by atoms with Gasteiger partial charge >= 0.3 is 0 Å². The van der Waals surface area contributed by atoms with Gasteiger partial charge in [-0.05, 0) is 18.9 Å². The van der Waals surface area contributed by atoms with Crippen molar-refractivity contribution in [2.24, 2.45) is 0 Å². The summed E-state index contributed by atoms with van der Waals surface area (Å²) in [5.74, 6) is -2.35. The van der Waals surface area contributed by atoms with Crippen molar-refractivity contribution in [1.82, 2.24) is 24.7 Å². The van der Waals surface area contributed by atoms with Crippen LogP contribution in [-0.4, -0.2) is 51.0 Å². The first-order valence-corrected chi connectivity index (χ1v) is 9.28. The van der Waals surface area contributed by atoms with Crippen molar-refractivity contribution in [3.05, 3.63) is 35.4 Å². The van der Waals surface area contributed by atoms with Crippen LogP contribution in [0.2, 0.25) is 5.15 Å². The Morgan fingerprint density at radius 3 is 2.89 bits per heavy atom. The molecule has 0 aliphatic carbocycles. The van der Waals surface area contributed by atoms with Crippen molar-refractivity contribution in [1.29, 1.82) is 0 Å². The molecule has 1 saturated heterocycles. The highest BCUT2D eigenvalue weighted by Crippen LogP contribution is 2.31. The molecule has 0 radical (unpaired) electrons. The number of pyridine rings is 1. The molecule has 0 N–H and O–H groups in total. The molecule has 0 amide bonds. The predicted molar refractivity (Wildman–Crippen MR) is 101 cm³/mol. The summed E-state index contributed by atoms with van der Waals surface area (Å²) in [7, 11) is 1.69. The van der Waals surface area contributed by atoms with Crippen molar-refractivity contribution < 1.29 is 13.5 Å². The molecule has 4 rings (SSSR count). The van der Waals surface area contributed by atoms with E-state index in [1.807, 2.05) is 0 Å². The molecule has 7 nitrogen and oxygen atoms in total. The Morgan fingerprint density at radius 2 is 2.14 bits per heavy atom. The highest BCUT2D eigenvalue weighted by atomic mass is 35.5. The summed E-state index contributed by atoms with van der Waals surface area (Å²) in [6, 6.07) is 2.82. The summed E-state index contributed by atoms with van der Waals surface area (Å²) < 4.78 is 34.4. The van der Waals surface area contributed by atoms with Crippen LogP contribution in [0.1, 0.15) is 25.5 Å². The molecule has 0 aromatic carbocycles. The fraction of sp³-hybridized carbons (Fsp3) is 0.444. The van der Waals surface area contributed by atoms with Gasteiger partial charge in [-0.15, -0.1) is 5.10 Å². The van der Waals surface area contributed by atoms with E-state index < -0.39 is 5.92 Å². The van der Waals surface area contributed by atoms with E-state index in [-0.39, 0.29) is 22.9 Å². The molecule has 1 atom stereocenters. The summed E-state index contributed by atoms with van der Waals surface area (Å²) in [6.45, 7) is 2.28. The number of fused-ring (bicyclic) bond motifs is 1. The number of aromatic nitrogens is 5. The molecular formula is C18H19ClF2N6O. The first-order valence-electron chi connectivity index (χ1n) is 8.90. The molecule has 1 aliphatic rings. The second kappa shape index (κ2) is 7.21. The predicted octanol–water partition coefficient (Wildman–Crippen LogP) is 3.59. The summed E-state index contributed by atoms with van der Waals surface area (Å²) in [4.78, 5) is 14.4. The number of alkyl halides is 2. The van der Waals surface area contributed by atoms with Crippen molar-refractivity contribution in [2.45, 2.75) is 31.8 Å². The van der Waals surface area contributed by atoms with E-state index >= 15 is 0 Å². The van der Waals surface area contributed by atoms with Gasteiger partial charge in [0.2, 0.25) is 0 Å². The summed E-state index contributed by atoms with van der Waals surface area (Å²) in [6.07, 6.45) is 4.97. The SMILES string of the molecule is COC1CCCN(c2nn(-c3nccc(C(C)(F)F)n3)c3cc(Cl)ncc23)C1. The molecule has 4 heterocycles. The molecule has 0 saturated carbocycles. The van der Waals surface area contributed by atoms with Gasteiger partial charge in [0.25, 0.3) is 11.9 Å². The van der Waals surface area contributed by atoms with Gasteiger partial charge < -0.3 is 9.64 Å². The Hall–Kier alpha value is -2.39. The molecule has 1 unspecified atom stereocenters. The van der Waals surface area contributed by atoms with Gasteiger partial charge in [0, 0.05) is 45.6 Å². The fourth-order valence-corrected chi connectivity index (χ4v) is 3.53. The number of rotatable bonds is 4. The van der Waals surface area contributed by atoms with Gasteiger partial charge in [0.05, 0.1) is 17.0 Å². The molecule has 3 aromatic heterocycles. The Kier molecular flexibility index (Phi) is 4.88. The van der Waals surface area contributed by atoms with Crippen LogP contribution in [0.3, 0.4) is 0 Å². The molecule has 1 aliphatic heterocycles. The Labute approximate surface area is 165 Å². The van der Waals surface area contributed by atoms with Gasteiger partial charge in [0.15, 0.2) is 5.82 Å². The number of methoxy groups -OCH3 is 1. The topological polar surface area (TPSA) is 69.0 Å². The maximum atomic E-state index is 13.7. The number of halogens is 3. The first-order chi connectivity index (χ1) is 13.4. The van der Waals surface area contributed by atoms with Gasteiger partial charge in [-0.25, -0.2) is 15.0 Å². The number of nitrogens with zero attached hydrogens (tertiary/aromatic N) is 6. The second-order valence-corrected chi connectivity index (χ2v) is 7.22. The van der Waals surface area contributed by atoms with Gasteiger partial charge in [-0.2, -0.15) is 13.5 Å². The maximum Gasteiger partial charge on any atom is 0.287 e. The zero-order valence-electron chi connectivity index (χ0n) is 15.4. The minimum atomic E-state index is -3.08. The van der Waals surface area contributed by atoms with Gasteiger partial charge in [-0.1, -0.05) is 11.6 Å². The lowest BCUT2D eigenvalue weighted by molar-refractivity contribution is 0.0126. The van der Waals surface area contributed by atoms with E-state index in [2.05, 4.69) is 25.0 Å². The van der Waals surface area contributed by atoms with Crippen molar-refractivity contribution >= 4 is 28.3 Å². The fourth-order valence-electron chi connectivity index (χ4n) is 3.37. The van der Waals surface area contributed by atoms with Crippen LogP contribution in [0.15, 0.2) is 24.5 Å². The Morgan fingerprint density at radius 1 is 1.32 bits per heavy atom. The molecule has 28 heavy (non-hydrogen) atoms. The lowest BCUT2D eigenvalue weighted by Gasteiger charge is -2.32. The molecule has 3 aromatic rings. The second-order valence-electron chi connectivity index (χ2n) is 6.84. The standard InChI is InChI=1S/C18H19ClF2N6O/c1-18(20,21)14-5-6-22-17(24-14)27-13-8-15(19)23-9-12(13)16(25-27)26-7-3-4-11(10-26)28-2/h5-6,8-9,11H,3-4,7,10H2,1-2H3. The number of piperidine rings is 1. The third-order valence-electron chi connectivity index (χ3n) is 4.81. The molecule has 148 valence electrons. The minimum Gasteiger partial charge on any atom is -0.380 e. The average molecular weight is 409 g/mol. The number of hydrogen-bond donors (Lipinski definition) is 0. The first kappa shape index (κ1) is 18.9. The van der Waals surface area contributed by atoms with Crippen LogP contribution < -0.4 is 4.90 Å². The molecular weight excluding hydrogens is 390 g/mol. The molecule has 10 heteroatoms. The van der Waals surface area contributed by atoms with Crippen LogP contribution in [0, 0.1) is 0 Å². The van der Waals surface area contributed by atoms with Crippen molar-refractivity contribution in [3.8, 4) is 5.95 Å². The summed E-state index contributed by atoms with van der Waals surface area (Å²) >= 11 is 6.08. The van der Waals surface area contributed by atoms with Crippen LogP contribution in [0.4, 0.5) is 14.6 Å². The van der Waals surface area contributed by atoms with E-state index in [0.717, 1.165) is 31.7 Å². The maximum absolute atomic E-state index is 13.7. The lowest BCUT2D eigenvalue weighted by atomic mass is 10.1. The lowest BCUT2D eigenvalue weighted by Crippen LogP contribution is -2.39. The van der Waals surface area contributed by atoms with Crippen molar-refractivity contribution in [3.63, 3.8) is 0 Å². The highest BCUT2D eigenvalue weighted by Gasteiger charge is 2.28. The third-order valence-corrected chi connectivity index (χ3v) is 5.01. The summed E-state index contributed by atoms with van der Waals surface area (Å²) in [5.41, 5.74) is 0.228. The third kappa shape index (κ3) is 3.51. The Bertz CT molecular complexity index is 1010. The van der Waals surface area contributed by atoms with E-state index in [0.29, 0.717) is 17.9 Å². The van der Waals surface area contributed by atoms with Gasteiger partial charge in [-0.3, -0.25) is 0 Å². The zero-order valence-corrected chi connectivity index (χ0v) is 16.2. The van der Waals surface area contributed by atoms with Crippen LogP contribution >= 0.6 is 11.6 Å². The number of hydrogen-bond acceptors (Lipinski definition) is 6. The van der Waals surface area contributed by atoms with E-state index in [4.69, 9.17) is 16.3 Å². The summed E-state index contributed by atoms with van der Waals surface area (Å²) in [5, 5.41) is 5.65. The smallest absolute Gasteiger partial charge is 0.287 e. The quantitative estimate of drug-likeness (QED) is 0.614. The monoisotopic (exact) mass is 408 g/mol. The van der Waals surface area contributed by atoms with E-state index in [1.165, 1.54) is 16.9 Å². The molecule has 1 fully saturated rings. The van der Waals surface area contributed by atoms with Crippen molar-refractivity contribution in [2.75, 3.05) is 25.1 Å². The highest BCUT2D eigenvalue weighted by molar-refractivity contribution is 6.30. The van der Waals surface area contributed by atoms with Crippen LogP contribution in [0.5, 0.6) is 0 Å². The van der Waals surface area contributed by atoms with E-state index in [9.17, 15) is 8.78 Å². The zero-order chi connectivity index (χ0) is 19.9. The molecule has 0 spiro atoms. The van der Waals surface area contributed by atoms with Gasteiger partial charge in [0.1, 0.15) is 10.8 Å². The normalized spacial score (nSPS) is 18.0. The van der Waals surface area contributed by atoms with Crippen LogP contribution in [-0.2, 0) is 10.7 Å². The molecule has 0 bridgehead atoms. The largest absolute Gasteiger partial charge is 0.380 e. The minimum absolute atomic E-state index is 0.0536. The average Bonchev–Trinajstić information content (AvgIpc) is 3.06. The number of ether oxygens (including phenoxy) is 1. The Balaban J connectivity index is 1.85.